The van der Waals surface area contributed by atoms with E-state index in [0.29, 0.717) is 5.56 Å². The Bertz CT molecular complexity index is 550. The molecule has 1 aromatic rings. The van der Waals surface area contributed by atoms with Gasteiger partial charge in [0.05, 0.1) is 12.1 Å². The van der Waals surface area contributed by atoms with E-state index >= 15 is 0 Å². The number of hydrogen-bond acceptors (Lipinski definition) is 3. The fraction of sp³-hybridized carbons (Fsp3) is 0.500. The van der Waals surface area contributed by atoms with E-state index in [2.05, 4.69) is 14.8 Å². The molecule has 0 unspecified atom stereocenters. The largest absolute Gasteiger partial charge is 0.416 e. The quantitative estimate of drug-likeness (QED) is 0.425. The summed E-state index contributed by atoms with van der Waals surface area (Å²) in [5, 5.41) is 0. The smallest absolute Gasteiger partial charge is 0.370 e. The highest BCUT2D eigenvalue weighted by atomic mass is 127. The van der Waals surface area contributed by atoms with E-state index in [1.54, 1.807) is 0 Å². The van der Waals surface area contributed by atoms with Crippen LogP contribution in [0.2, 0.25) is 0 Å². The average molecular weight is 443 g/mol. The van der Waals surface area contributed by atoms with Crippen LogP contribution in [0.3, 0.4) is 0 Å². The number of nitrogens with zero attached hydrogens (tertiary/aromatic N) is 3. The Morgan fingerprint density at radius 1 is 1.17 bits per heavy atom. The van der Waals surface area contributed by atoms with E-state index in [-0.39, 0.29) is 36.5 Å². The maximum Gasteiger partial charge on any atom is 0.416 e. The molecule has 23 heavy (non-hydrogen) atoms. The van der Waals surface area contributed by atoms with Crippen LogP contribution in [0.4, 0.5) is 18.9 Å². The molecule has 1 heterocycles. The first-order valence-corrected chi connectivity index (χ1v) is 6.96. The molecule has 0 aromatic heterocycles. The van der Waals surface area contributed by atoms with Crippen molar-refractivity contribution in [1.29, 1.82) is 0 Å². The van der Waals surface area contributed by atoms with Gasteiger partial charge in [0.1, 0.15) is 0 Å². The van der Waals surface area contributed by atoms with Crippen molar-refractivity contribution in [3.63, 3.8) is 0 Å². The van der Waals surface area contributed by atoms with Crippen LogP contribution in [-0.4, -0.2) is 44.1 Å². The predicted octanol–water partition coefficient (Wildman–Crippen LogP) is 1.85. The van der Waals surface area contributed by atoms with Gasteiger partial charge in [-0.25, -0.2) is 4.99 Å². The number of anilines is 1. The lowest BCUT2D eigenvalue weighted by molar-refractivity contribution is -0.137. The Labute approximate surface area is 150 Å². The van der Waals surface area contributed by atoms with Gasteiger partial charge in [0, 0.05) is 31.9 Å². The second kappa shape index (κ2) is 8.04. The summed E-state index contributed by atoms with van der Waals surface area (Å²) in [4.78, 5) is 8.10. The number of benzene rings is 1. The van der Waals surface area contributed by atoms with Crippen molar-refractivity contribution in [2.45, 2.75) is 12.7 Å². The van der Waals surface area contributed by atoms with Crippen molar-refractivity contribution in [2.75, 3.05) is 38.1 Å². The molecule has 0 bridgehead atoms. The molecule has 1 fully saturated rings. The number of likely N-dealkylation sites (N-methyl/N-ethyl adjacent to an activating group) is 1. The van der Waals surface area contributed by atoms with E-state index in [1.807, 2.05) is 7.05 Å². The molecule has 1 saturated heterocycles. The van der Waals surface area contributed by atoms with Crippen molar-refractivity contribution >= 4 is 35.6 Å². The topological polar surface area (TPSA) is 70.9 Å². The van der Waals surface area contributed by atoms with Gasteiger partial charge in [-0.05, 0) is 30.8 Å². The van der Waals surface area contributed by atoms with Gasteiger partial charge in [-0.3, -0.25) is 0 Å². The molecule has 2 rings (SSSR count). The summed E-state index contributed by atoms with van der Waals surface area (Å²) in [6.07, 6.45) is -4.38. The highest BCUT2D eigenvalue weighted by Gasteiger charge is 2.31. The summed E-state index contributed by atoms with van der Waals surface area (Å²) in [5.74, 6) is -0.137. The number of piperazine rings is 1. The van der Waals surface area contributed by atoms with Gasteiger partial charge in [0.2, 0.25) is 0 Å². The molecule has 1 aromatic carbocycles. The lowest BCUT2D eigenvalue weighted by Crippen LogP contribution is -2.44. The van der Waals surface area contributed by atoms with Crippen LogP contribution in [0.1, 0.15) is 11.1 Å². The summed E-state index contributed by atoms with van der Waals surface area (Å²) in [7, 11) is 2.02. The Balaban J connectivity index is 0.00000264. The highest BCUT2D eigenvalue weighted by molar-refractivity contribution is 14.0. The van der Waals surface area contributed by atoms with Crippen molar-refractivity contribution < 1.29 is 13.2 Å². The zero-order valence-electron chi connectivity index (χ0n) is 12.8. The zero-order chi connectivity index (χ0) is 16.3. The summed E-state index contributed by atoms with van der Waals surface area (Å²) >= 11 is 0. The van der Waals surface area contributed by atoms with Gasteiger partial charge in [-0.2, -0.15) is 13.2 Å². The van der Waals surface area contributed by atoms with Gasteiger partial charge >= 0.3 is 6.18 Å². The summed E-state index contributed by atoms with van der Waals surface area (Å²) in [5.41, 5.74) is 11.1. The lowest BCUT2D eigenvalue weighted by atomic mass is 10.1. The van der Waals surface area contributed by atoms with Gasteiger partial charge in [0.25, 0.3) is 0 Å². The molecule has 0 radical (unpaired) electrons. The predicted molar refractivity (Wildman–Crippen MR) is 96.1 cm³/mol. The van der Waals surface area contributed by atoms with E-state index in [0.717, 1.165) is 44.0 Å². The van der Waals surface area contributed by atoms with Gasteiger partial charge < -0.3 is 21.3 Å². The molecule has 9 heteroatoms. The minimum atomic E-state index is -4.38. The molecule has 0 atom stereocenters. The molecular formula is C14H21F3IN5. The first-order chi connectivity index (χ1) is 10.3. The van der Waals surface area contributed by atoms with E-state index in [9.17, 15) is 13.2 Å². The molecule has 1 aliphatic heterocycles. The normalized spacial score (nSPS) is 15.9. The Kier molecular flexibility index (Phi) is 6.93. The number of guanidine groups is 1. The second-order valence-corrected chi connectivity index (χ2v) is 5.37. The summed E-state index contributed by atoms with van der Waals surface area (Å²) in [6.45, 7) is 3.28. The SMILES string of the molecule is CN1CCN(c2ccc(C(F)(F)F)cc2CN=C(N)N)CC1.I. The fourth-order valence-electron chi connectivity index (χ4n) is 2.42. The van der Waals surface area contributed by atoms with Crippen LogP contribution >= 0.6 is 24.0 Å². The van der Waals surface area contributed by atoms with Crippen LogP contribution in [0, 0.1) is 0 Å². The third kappa shape index (κ3) is 5.41. The lowest BCUT2D eigenvalue weighted by Gasteiger charge is -2.35. The van der Waals surface area contributed by atoms with Crippen LogP contribution in [0.5, 0.6) is 0 Å². The number of alkyl halides is 3. The van der Waals surface area contributed by atoms with Crippen molar-refractivity contribution in [3.05, 3.63) is 29.3 Å². The maximum absolute atomic E-state index is 12.9. The number of rotatable bonds is 3. The van der Waals surface area contributed by atoms with Crippen LogP contribution < -0.4 is 16.4 Å². The van der Waals surface area contributed by atoms with E-state index in [1.165, 1.54) is 6.07 Å². The van der Waals surface area contributed by atoms with Gasteiger partial charge in [0.15, 0.2) is 5.96 Å². The number of hydrogen-bond donors (Lipinski definition) is 2. The minimum Gasteiger partial charge on any atom is -0.370 e. The molecule has 0 saturated carbocycles. The third-order valence-electron chi connectivity index (χ3n) is 3.68. The van der Waals surface area contributed by atoms with Crippen LogP contribution in [0.25, 0.3) is 0 Å². The molecule has 0 spiro atoms. The Morgan fingerprint density at radius 2 is 1.78 bits per heavy atom. The second-order valence-electron chi connectivity index (χ2n) is 5.37. The van der Waals surface area contributed by atoms with Gasteiger partial charge in [-0.1, -0.05) is 0 Å². The molecule has 5 nitrogen and oxygen atoms in total. The molecule has 1 aliphatic rings. The summed E-state index contributed by atoms with van der Waals surface area (Å²) < 4.78 is 38.7. The average Bonchev–Trinajstić information content (AvgIpc) is 2.45. The monoisotopic (exact) mass is 443 g/mol. The molecule has 130 valence electrons. The Morgan fingerprint density at radius 3 is 2.30 bits per heavy atom. The number of halogens is 4. The van der Waals surface area contributed by atoms with Crippen molar-refractivity contribution in [1.82, 2.24) is 4.90 Å². The van der Waals surface area contributed by atoms with Crippen molar-refractivity contribution in [2.24, 2.45) is 16.5 Å². The van der Waals surface area contributed by atoms with Crippen LogP contribution in [0.15, 0.2) is 23.2 Å². The molecule has 0 amide bonds. The van der Waals surface area contributed by atoms with E-state index in [4.69, 9.17) is 11.5 Å². The third-order valence-corrected chi connectivity index (χ3v) is 3.68. The molecule has 0 aliphatic carbocycles. The first-order valence-electron chi connectivity index (χ1n) is 6.96. The van der Waals surface area contributed by atoms with E-state index < -0.39 is 11.7 Å². The number of aliphatic imine (C=N–C) groups is 1. The fourth-order valence-corrected chi connectivity index (χ4v) is 2.42. The standard InChI is InChI=1S/C14H20F3N5.HI/c1-21-4-6-22(7-5-21)12-3-2-11(14(15,16)17)8-10(12)9-20-13(18)19;/h2-3,8H,4-7,9H2,1H3,(H4,18,19,20);1H. The molecule has 4 N–H and O–H groups in total. The zero-order valence-corrected chi connectivity index (χ0v) is 15.1. The number of nitrogens with two attached hydrogens (primary N) is 2. The minimum absolute atomic E-state index is 0. The maximum atomic E-state index is 12.9. The Hall–Kier alpha value is -1.23. The highest BCUT2D eigenvalue weighted by Crippen LogP contribution is 2.33. The van der Waals surface area contributed by atoms with Crippen molar-refractivity contribution in [3.8, 4) is 0 Å². The van der Waals surface area contributed by atoms with Gasteiger partial charge in [-0.15, -0.1) is 24.0 Å². The first kappa shape index (κ1) is 19.8. The molecular weight excluding hydrogens is 422 g/mol. The summed E-state index contributed by atoms with van der Waals surface area (Å²) in [6, 6.07) is 3.73. The van der Waals surface area contributed by atoms with Crippen LogP contribution in [-0.2, 0) is 12.7 Å².